The van der Waals surface area contributed by atoms with Crippen LogP contribution in [0.25, 0.3) is 32.8 Å². The molecule has 7 nitrogen and oxygen atoms in total. The molecule has 11 heteroatoms. The lowest BCUT2D eigenvalue weighted by atomic mass is 10.0. The molecule has 0 unspecified atom stereocenters. The number of fused-ring (bicyclic) bond motifs is 3. The standard InChI is InChI=1S/C19H15N3O2S.C2HF3O2/c1-25(23,24)22-16-5-2-13(3-6-16)15-10-17-18-12-20-9-8-14(18)4-7-19(17)21-11-15;3-2(4,5)1(6)7/h2-12,22H,1H3;(H,6,7). The van der Waals surface area contributed by atoms with Crippen LogP contribution in [-0.2, 0) is 14.8 Å². The molecule has 2 aromatic carbocycles. The first-order chi connectivity index (χ1) is 14.9. The van der Waals surface area contributed by atoms with E-state index < -0.39 is 22.2 Å². The molecule has 4 rings (SSSR count). The van der Waals surface area contributed by atoms with Gasteiger partial charge in [-0.05, 0) is 41.3 Å². The second kappa shape index (κ2) is 8.79. The fourth-order valence-corrected chi connectivity index (χ4v) is 3.44. The molecule has 0 aliphatic rings. The molecule has 0 saturated heterocycles. The van der Waals surface area contributed by atoms with Gasteiger partial charge in [0.15, 0.2) is 0 Å². The molecule has 0 spiro atoms. The van der Waals surface area contributed by atoms with Crippen LogP contribution >= 0.6 is 0 Å². The van der Waals surface area contributed by atoms with E-state index in [0.717, 1.165) is 39.1 Å². The predicted molar refractivity (Wildman–Crippen MR) is 115 cm³/mol. The number of hydrogen-bond donors (Lipinski definition) is 2. The summed E-state index contributed by atoms with van der Waals surface area (Å²) in [6.07, 6.45) is 1.50. The maximum Gasteiger partial charge on any atom is 0.490 e. The molecule has 0 saturated carbocycles. The molecule has 0 amide bonds. The van der Waals surface area contributed by atoms with Gasteiger partial charge in [0.25, 0.3) is 0 Å². The minimum absolute atomic E-state index is 0.537. The third kappa shape index (κ3) is 5.70. The van der Waals surface area contributed by atoms with Crippen LogP contribution in [0, 0.1) is 0 Å². The summed E-state index contributed by atoms with van der Waals surface area (Å²) < 4.78 is 56.8. The zero-order valence-electron chi connectivity index (χ0n) is 16.5. The first kappa shape index (κ1) is 22.9. The van der Waals surface area contributed by atoms with E-state index in [1.807, 2.05) is 42.7 Å². The van der Waals surface area contributed by atoms with Gasteiger partial charge in [-0.15, -0.1) is 0 Å². The van der Waals surface area contributed by atoms with Crippen LogP contribution in [0.1, 0.15) is 0 Å². The largest absolute Gasteiger partial charge is 0.490 e. The molecule has 4 aromatic rings. The number of carboxylic acids is 1. The van der Waals surface area contributed by atoms with E-state index in [9.17, 15) is 21.6 Å². The molecule has 2 N–H and O–H groups in total. The average molecular weight is 463 g/mol. The number of rotatable bonds is 3. The van der Waals surface area contributed by atoms with E-state index in [2.05, 4.69) is 20.8 Å². The van der Waals surface area contributed by atoms with Gasteiger partial charge < -0.3 is 5.11 Å². The minimum Gasteiger partial charge on any atom is -0.475 e. The normalized spacial score (nSPS) is 11.6. The second-order valence-corrected chi connectivity index (χ2v) is 8.46. The Morgan fingerprint density at radius 1 is 0.969 bits per heavy atom. The van der Waals surface area contributed by atoms with E-state index in [1.54, 1.807) is 18.3 Å². The van der Waals surface area contributed by atoms with Crippen LogP contribution in [0.2, 0.25) is 0 Å². The van der Waals surface area contributed by atoms with E-state index in [4.69, 9.17) is 9.90 Å². The number of hydrogen-bond acceptors (Lipinski definition) is 5. The van der Waals surface area contributed by atoms with Crippen molar-refractivity contribution in [1.29, 1.82) is 0 Å². The van der Waals surface area contributed by atoms with Crippen molar-refractivity contribution in [2.45, 2.75) is 6.18 Å². The number of benzene rings is 2. The summed E-state index contributed by atoms with van der Waals surface area (Å²) in [7, 11) is -3.28. The van der Waals surface area contributed by atoms with E-state index in [0.29, 0.717) is 5.69 Å². The number of anilines is 1. The number of aromatic nitrogens is 2. The maximum absolute atomic E-state index is 11.3. The first-order valence-corrected chi connectivity index (χ1v) is 10.8. The van der Waals surface area contributed by atoms with Crippen LogP contribution in [0.3, 0.4) is 0 Å². The third-order valence-corrected chi connectivity index (χ3v) is 4.85. The Morgan fingerprint density at radius 3 is 2.22 bits per heavy atom. The molecule has 32 heavy (non-hydrogen) atoms. The molecule has 0 aliphatic carbocycles. The van der Waals surface area contributed by atoms with Crippen molar-refractivity contribution >= 4 is 43.4 Å². The van der Waals surface area contributed by atoms with Crippen LogP contribution in [0.15, 0.2) is 67.1 Å². The van der Waals surface area contributed by atoms with Gasteiger partial charge in [-0.25, -0.2) is 13.2 Å². The van der Waals surface area contributed by atoms with Crippen molar-refractivity contribution in [3.05, 3.63) is 67.1 Å². The Hall–Kier alpha value is -3.73. The second-order valence-electron chi connectivity index (χ2n) is 6.71. The SMILES string of the molecule is CS(=O)(=O)Nc1ccc(-c2cnc3ccc4ccncc4c3c2)cc1.O=C(O)C(F)(F)F. The van der Waals surface area contributed by atoms with Gasteiger partial charge in [0, 0.05) is 40.6 Å². The topological polar surface area (TPSA) is 109 Å². The van der Waals surface area contributed by atoms with Crippen molar-refractivity contribution in [3.63, 3.8) is 0 Å². The lowest BCUT2D eigenvalue weighted by molar-refractivity contribution is -0.192. The number of nitrogens with one attached hydrogen (secondary N) is 1. The molecular weight excluding hydrogens is 447 g/mol. The molecule has 2 heterocycles. The van der Waals surface area contributed by atoms with Crippen LogP contribution in [0.4, 0.5) is 18.9 Å². The summed E-state index contributed by atoms with van der Waals surface area (Å²) in [6, 6.07) is 15.3. The van der Waals surface area contributed by atoms with Gasteiger partial charge in [0.05, 0.1) is 11.8 Å². The van der Waals surface area contributed by atoms with Crippen molar-refractivity contribution in [3.8, 4) is 11.1 Å². The van der Waals surface area contributed by atoms with Crippen molar-refractivity contribution in [2.24, 2.45) is 0 Å². The summed E-state index contributed by atoms with van der Waals surface area (Å²) >= 11 is 0. The summed E-state index contributed by atoms with van der Waals surface area (Å²) in [5.41, 5.74) is 3.39. The quantitative estimate of drug-likeness (QED) is 0.435. The fourth-order valence-electron chi connectivity index (χ4n) is 2.87. The Bertz CT molecular complexity index is 1390. The number of carbonyl (C=O) groups is 1. The summed E-state index contributed by atoms with van der Waals surface area (Å²) in [5.74, 6) is -2.76. The van der Waals surface area contributed by atoms with Gasteiger partial charge in [-0.2, -0.15) is 13.2 Å². The van der Waals surface area contributed by atoms with Gasteiger partial charge in [-0.3, -0.25) is 14.7 Å². The predicted octanol–water partition coefficient (Wildman–Crippen LogP) is 4.45. The van der Waals surface area contributed by atoms with Crippen LogP contribution in [0.5, 0.6) is 0 Å². The molecule has 0 aliphatic heterocycles. The highest BCUT2D eigenvalue weighted by atomic mass is 32.2. The zero-order valence-corrected chi connectivity index (χ0v) is 17.3. The van der Waals surface area contributed by atoms with Crippen molar-refractivity contribution in [1.82, 2.24) is 9.97 Å². The number of carboxylic acid groups (broad SMARTS) is 1. The Balaban J connectivity index is 0.000000360. The van der Waals surface area contributed by atoms with E-state index in [1.165, 1.54) is 0 Å². The van der Waals surface area contributed by atoms with Gasteiger partial charge in [0.2, 0.25) is 10.0 Å². The van der Waals surface area contributed by atoms with Gasteiger partial charge in [0.1, 0.15) is 0 Å². The molecule has 0 bridgehead atoms. The minimum atomic E-state index is -5.08. The lowest BCUT2D eigenvalue weighted by Crippen LogP contribution is -2.21. The average Bonchev–Trinajstić information content (AvgIpc) is 2.72. The first-order valence-electron chi connectivity index (χ1n) is 8.95. The van der Waals surface area contributed by atoms with Gasteiger partial charge >= 0.3 is 12.1 Å². The molecular formula is C21H16F3N3O4S. The van der Waals surface area contributed by atoms with Crippen molar-refractivity contribution in [2.75, 3.05) is 11.0 Å². The van der Waals surface area contributed by atoms with E-state index >= 15 is 0 Å². The van der Waals surface area contributed by atoms with E-state index in [-0.39, 0.29) is 0 Å². The number of alkyl halides is 3. The van der Waals surface area contributed by atoms with Crippen LogP contribution < -0.4 is 4.72 Å². The number of halogens is 3. The molecule has 0 fully saturated rings. The molecule has 166 valence electrons. The highest BCUT2D eigenvalue weighted by Crippen LogP contribution is 2.28. The zero-order chi connectivity index (χ0) is 23.5. The number of aliphatic carboxylic acids is 1. The highest BCUT2D eigenvalue weighted by Gasteiger charge is 2.38. The van der Waals surface area contributed by atoms with Crippen molar-refractivity contribution < 1.29 is 31.5 Å². The molecule has 0 atom stereocenters. The fraction of sp³-hybridized carbons (Fsp3) is 0.0952. The van der Waals surface area contributed by atoms with Crippen LogP contribution in [-0.4, -0.2) is 41.9 Å². The lowest BCUT2D eigenvalue weighted by Gasteiger charge is -2.08. The molecule has 2 aromatic heterocycles. The molecule has 0 radical (unpaired) electrons. The smallest absolute Gasteiger partial charge is 0.475 e. The third-order valence-electron chi connectivity index (χ3n) is 4.25. The maximum atomic E-state index is 11.3. The summed E-state index contributed by atoms with van der Waals surface area (Å²) in [4.78, 5) is 17.7. The summed E-state index contributed by atoms with van der Waals surface area (Å²) in [5, 5.41) is 10.3. The Morgan fingerprint density at radius 2 is 1.62 bits per heavy atom. The number of nitrogens with zero attached hydrogens (tertiary/aromatic N) is 2. The van der Waals surface area contributed by atoms with Gasteiger partial charge in [-0.1, -0.05) is 18.2 Å². The summed E-state index contributed by atoms with van der Waals surface area (Å²) in [6.45, 7) is 0. The number of pyridine rings is 2. The monoisotopic (exact) mass is 463 g/mol. The Kier molecular flexibility index (Phi) is 6.30. The highest BCUT2D eigenvalue weighted by molar-refractivity contribution is 7.92. The Labute approximate surface area is 180 Å². The number of sulfonamides is 1.